The molecule has 0 bridgehead atoms. The van der Waals surface area contributed by atoms with Gasteiger partial charge in [0.15, 0.2) is 0 Å². The fourth-order valence-corrected chi connectivity index (χ4v) is 2.42. The zero-order chi connectivity index (χ0) is 11.2. The maximum Gasteiger partial charge on any atom is 0.334 e. The molecule has 1 atom stereocenters. The van der Waals surface area contributed by atoms with Gasteiger partial charge in [-0.25, -0.2) is 4.79 Å². The Morgan fingerprint density at radius 3 is 2.88 bits per heavy atom. The highest BCUT2D eigenvalue weighted by molar-refractivity contribution is 5.90. The number of carbonyl (C=O) groups is 1. The lowest BCUT2D eigenvalue weighted by Gasteiger charge is -2.33. The van der Waals surface area contributed by atoms with E-state index in [0.717, 1.165) is 11.3 Å². The van der Waals surface area contributed by atoms with Crippen LogP contribution in [-0.4, -0.2) is 12.6 Å². The van der Waals surface area contributed by atoms with Gasteiger partial charge in [0.05, 0.1) is 6.61 Å². The van der Waals surface area contributed by atoms with Gasteiger partial charge in [0.1, 0.15) is 11.4 Å². The summed E-state index contributed by atoms with van der Waals surface area (Å²) >= 11 is 0. The average molecular weight is 216 g/mol. The molecule has 0 saturated carbocycles. The first kappa shape index (κ1) is 9.46. The molecule has 3 nitrogen and oxygen atoms in total. The zero-order valence-corrected chi connectivity index (χ0v) is 8.86. The van der Waals surface area contributed by atoms with Gasteiger partial charge >= 0.3 is 5.97 Å². The molecule has 1 fully saturated rings. The number of rotatable bonds is 0. The van der Waals surface area contributed by atoms with Gasteiger partial charge in [-0.15, -0.1) is 0 Å². The number of fused-ring (bicyclic) bond motifs is 2. The molecule has 1 spiro atoms. The number of hydrogen-bond donors (Lipinski definition) is 0. The van der Waals surface area contributed by atoms with Gasteiger partial charge in [-0.05, 0) is 6.07 Å². The van der Waals surface area contributed by atoms with E-state index in [1.165, 1.54) is 0 Å². The Kier molecular flexibility index (Phi) is 1.84. The van der Waals surface area contributed by atoms with Crippen molar-refractivity contribution in [1.29, 1.82) is 0 Å². The van der Waals surface area contributed by atoms with Crippen LogP contribution in [0.1, 0.15) is 18.4 Å². The first-order chi connectivity index (χ1) is 7.71. The predicted octanol–water partition coefficient (Wildman–Crippen LogP) is 2.17. The van der Waals surface area contributed by atoms with Crippen LogP contribution in [0.3, 0.4) is 0 Å². The number of carbonyl (C=O) groups excluding carboxylic acids is 1. The van der Waals surface area contributed by atoms with Crippen molar-refractivity contribution in [3.8, 4) is 5.75 Å². The third-order valence-electron chi connectivity index (χ3n) is 3.22. The molecule has 2 heterocycles. The van der Waals surface area contributed by atoms with E-state index in [2.05, 4.69) is 6.58 Å². The normalized spacial score (nSPS) is 27.5. The maximum atomic E-state index is 11.5. The first-order valence-corrected chi connectivity index (χ1v) is 5.35. The SMILES string of the molecule is C=C1C[C@]2(CCOc3ccccc32)OC1=O. The second-order valence-corrected chi connectivity index (χ2v) is 4.26. The van der Waals surface area contributed by atoms with Gasteiger partial charge in [-0.3, -0.25) is 0 Å². The summed E-state index contributed by atoms with van der Waals surface area (Å²) in [5.41, 5.74) is 0.994. The molecule has 1 saturated heterocycles. The summed E-state index contributed by atoms with van der Waals surface area (Å²) in [6.07, 6.45) is 1.28. The van der Waals surface area contributed by atoms with Gasteiger partial charge in [0.25, 0.3) is 0 Å². The summed E-state index contributed by atoms with van der Waals surface area (Å²) in [6, 6.07) is 7.72. The summed E-state index contributed by atoms with van der Waals surface area (Å²) in [5, 5.41) is 0. The van der Waals surface area contributed by atoms with Crippen LogP contribution in [-0.2, 0) is 15.1 Å². The molecule has 82 valence electrons. The lowest BCUT2D eigenvalue weighted by molar-refractivity contribution is -0.149. The molecule has 3 rings (SSSR count). The maximum absolute atomic E-state index is 11.5. The summed E-state index contributed by atoms with van der Waals surface area (Å²) in [6.45, 7) is 4.32. The second-order valence-electron chi connectivity index (χ2n) is 4.26. The van der Waals surface area contributed by atoms with Gasteiger partial charge in [0, 0.05) is 24.0 Å². The van der Waals surface area contributed by atoms with Crippen LogP contribution in [0.2, 0.25) is 0 Å². The molecule has 0 aromatic heterocycles. The minimum Gasteiger partial charge on any atom is -0.493 e. The van der Waals surface area contributed by atoms with E-state index in [1.807, 2.05) is 24.3 Å². The third-order valence-corrected chi connectivity index (χ3v) is 3.22. The third kappa shape index (κ3) is 1.18. The molecule has 1 aromatic carbocycles. The number of benzene rings is 1. The monoisotopic (exact) mass is 216 g/mol. The van der Waals surface area contributed by atoms with Crippen molar-refractivity contribution in [3.05, 3.63) is 42.0 Å². The molecule has 0 radical (unpaired) electrons. The Balaban J connectivity index is 2.11. The Bertz CT molecular complexity index is 460. The molecule has 0 amide bonds. The van der Waals surface area contributed by atoms with Crippen molar-refractivity contribution in [3.63, 3.8) is 0 Å². The number of para-hydroxylation sites is 1. The van der Waals surface area contributed by atoms with E-state index >= 15 is 0 Å². The largest absolute Gasteiger partial charge is 0.493 e. The van der Waals surface area contributed by atoms with Crippen LogP contribution in [0.15, 0.2) is 36.4 Å². The summed E-state index contributed by atoms with van der Waals surface area (Å²) in [4.78, 5) is 11.5. The number of ether oxygens (including phenoxy) is 2. The van der Waals surface area contributed by atoms with Crippen molar-refractivity contribution < 1.29 is 14.3 Å². The van der Waals surface area contributed by atoms with E-state index in [-0.39, 0.29) is 5.97 Å². The van der Waals surface area contributed by atoms with E-state index in [4.69, 9.17) is 9.47 Å². The highest BCUT2D eigenvalue weighted by Gasteiger charge is 2.47. The summed E-state index contributed by atoms with van der Waals surface area (Å²) in [7, 11) is 0. The lowest BCUT2D eigenvalue weighted by atomic mass is 9.85. The molecule has 2 aliphatic heterocycles. The smallest absolute Gasteiger partial charge is 0.334 e. The summed E-state index contributed by atoms with van der Waals surface area (Å²) < 4.78 is 11.1. The van der Waals surface area contributed by atoms with E-state index in [9.17, 15) is 4.79 Å². The van der Waals surface area contributed by atoms with Crippen molar-refractivity contribution >= 4 is 5.97 Å². The van der Waals surface area contributed by atoms with Crippen molar-refractivity contribution in [1.82, 2.24) is 0 Å². The first-order valence-electron chi connectivity index (χ1n) is 5.35. The lowest BCUT2D eigenvalue weighted by Crippen LogP contribution is -2.32. The van der Waals surface area contributed by atoms with Gasteiger partial charge < -0.3 is 9.47 Å². The second kappa shape index (κ2) is 3.11. The quantitative estimate of drug-likeness (QED) is 0.492. The van der Waals surface area contributed by atoms with Gasteiger partial charge in [-0.2, -0.15) is 0 Å². The zero-order valence-electron chi connectivity index (χ0n) is 8.86. The number of esters is 1. The molecule has 0 aliphatic carbocycles. The number of hydrogen-bond acceptors (Lipinski definition) is 3. The predicted molar refractivity (Wildman–Crippen MR) is 58.1 cm³/mol. The Morgan fingerprint density at radius 1 is 1.31 bits per heavy atom. The van der Waals surface area contributed by atoms with Crippen LogP contribution in [0, 0.1) is 0 Å². The van der Waals surface area contributed by atoms with E-state index in [0.29, 0.717) is 25.0 Å². The minimum atomic E-state index is -0.525. The topological polar surface area (TPSA) is 35.5 Å². The molecule has 0 unspecified atom stereocenters. The van der Waals surface area contributed by atoms with Crippen LogP contribution in [0.4, 0.5) is 0 Å². The molecule has 3 heteroatoms. The highest BCUT2D eigenvalue weighted by Crippen LogP contribution is 2.47. The van der Waals surface area contributed by atoms with Gasteiger partial charge in [-0.1, -0.05) is 24.8 Å². The fourth-order valence-electron chi connectivity index (χ4n) is 2.42. The van der Waals surface area contributed by atoms with Crippen molar-refractivity contribution in [2.24, 2.45) is 0 Å². The molecular formula is C13H12O3. The molecular weight excluding hydrogens is 204 g/mol. The standard InChI is InChI=1S/C13H12O3/c1-9-8-13(16-12(9)14)6-7-15-11-5-3-2-4-10(11)13/h2-5H,1,6-8H2/t13-/m0/s1. The molecule has 2 aliphatic rings. The average Bonchev–Trinajstić information content (AvgIpc) is 2.56. The summed E-state index contributed by atoms with van der Waals surface area (Å²) in [5.74, 6) is 0.535. The van der Waals surface area contributed by atoms with Crippen LogP contribution in [0.25, 0.3) is 0 Å². The van der Waals surface area contributed by atoms with E-state index in [1.54, 1.807) is 0 Å². The van der Waals surface area contributed by atoms with Crippen LogP contribution >= 0.6 is 0 Å². The van der Waals surface area contributed by atoms with Crippen molar-refractivity contribution in [2.75, 3.05) is 6.61 Å². The molecule has 0 N–H and O–H groups in total. The highest BCUT2D eigenvalue weighted by atomic mass is 16.6. The Hall–Kier alpha value is -1.77. The molecule has 16 heavy (non-hydrogen) atoms. The fraction of sp³-hybridized carbons (Fsp3) is 0.308. The Labute approximate surface area is 93.7 Å². The van der Waals surface area contributed by atoms with Gasteiger partial charge in [0.2, 0.25) is 0 Å². The van der Waals surface area contributed by atoms with Crippen LogP contribution in [0.5, 0.6) is 5.75 Å². The minimum absolute atomic E-state index is 0.281. The van der Waals surface area contributed by atoms with E-state index < -0.39 is 5.60 Å². The Morgan fingerprint density at radius 2 is 2.12 bits per heavy atom. The van der Waals surface area contributed by atoms with Crippen molar-refractivity contribution in [2.45, 2.75) is 18.4 Å². The molecule has 1 aromatic rings. The van der Waals surface area contributed by atoms with Crippen LogP contribution < -0.4 is 4.74 Å².